The summed E-state index contributed by atoms with van der Waals surface area (Å²) in [6, 6.07) is 3.82. The average molecular weight is 251 g/mol. The second-order valence-electron chi connectivity index (χ2n) is 4.57. The summed E-state index contributed by atoms with van der Waals surface area (Å²) in [5.74, 6) is 0.913. The van der Waals surface area contributed by atoms with Crippen LogP contribution in [0.5, 0.6) is 0 Å². The van der Waals surface area contributed by atoms with Crippen LogP contribution >= 0.6 is 11.3 Å². The van der Waals surface area contributed by atoms with Gasteiger partial charge in [-0.15, -0.1) is 11.3 Å². The number of thiophene rings is 1. The minimum Gasteiger partial charge on any atom is -0.356 e. The molecule has 0 aromatic carbocycles. The fourth-order valence-corrected chi connectivity index (χ4v) is 2.59. The van der Waals surface area contributed by atoms with E-state index in [2.05, 4.69) is 5.32 Å². The van der Waals surface area contributed by atoms with Crippen molar-refractivity contribution in [2.75, 3.05) is 6.54 Å². The molecule has 3 nitrogen and oxygen atoms in total. The van der Waals surface area contributed by atoms with Crippen LogP contribution in [0.2, 0.25) is 0 Å². The highest BCUT2D eigenvalue weighted by Crippen LogP contribution is 2.32. The number of hydrogen-bond donors (Lipinski definition) is 1. The summed E-state index contributed by atoms with van der Waals surface area (Å²) in [5.41, 5.74) is 0. The monoisotopic (exact) mass is 251 g/mol. The van der Waals surface area contributed by atoms with Crippen LogP contribution in [0.15, 0.2) is 12.1 Å². The summed E-state index contributed by atoms with van der Waals surface area (Å²) in [4.78, 5) is 24.5. The maximum Gasteiger partial charge on any atom is 0.220 e. The zero-order valence-corrected chi connectivity index (χ0v) is 10.8. The second kappa shape index (κ2) is 5.45. The van der Waals surface area contributed by atoms with Gasteiger partial charge in [-0.25, -0.2) is 0 Å². The van der Waals surface area contributed by atoms with Crippen molar-refractivity contribution in [1.29, 1.82) is 0 Å². The first-order chi connectivity index (χ1) is 8.15. The first-order valence-electron chi connectivity index (χ1n) is 6.01. The highest BCUT2D eigenvalue weighted by Gasteiger charge is 2.23. The minimum absolute atomic E-state index is 0.110. The zero-order valence-electron chi connectivity index (χ0n) is 9.99. The molecule has 1 N–H and O–H groups in total. The van der Waals surface area contributed by atoms with Crippen LogP contribution in [0.4, 0.5) is 0 Å². The summed E-state index contributed by atoms with van der Waals surface area (Å²) in [6.07, 6.45) is 3.91. The minimum atomic E-state index is 0.110. The van der Waals surface area contributed by atoms with E-state index >= 15 is 0 Å². The van der Waals surface area contributed by atoms with Crippen molar-refractivity contribution < 1.29 is 9.59 Å². The van der Waals surface area contributed by atoms with Crippen LogP contribution in [0.25, 0.3) is 0 Å². The number of amides is 1. The third kappa shape index (κ3) is 3.97. The normalized spacial score (nSPS) is 14.6. The number of nitrogens with one attached hydrogen (secondary N) is 1. The Morgan fingerprint density at radius 2 is 2.18 bits per heavy atom. The van der Waals surface area contributed by atoms with Crippen molar-refractivity contribution in [3.63, 3.8) is 0 Å². The van der Waals surface area contributed by atoms with E-state index in [1.54, 1.807) is 6.92 Å². The fraction of sp³-hybridized carbons (Fsp3) is 0.538. The smallest absolute Gasteiger partial charge is 0.220 e. The maximum atomic E-state index is 11.4. The summed E-state index contributed by atoms with van der Waals surface area (Å²) in [7, 11) is 0. The summed E-state index contributed by atoms with van der Waals surface area (Å²) >= 11 is 1.52. The molecule has 0 radical (unpaired) electrons. The number of carbonyl (C=O) groups excluding carboxylic acids is 2. The summed E-state index contributed by atoms with van der Waals surface area (Å²) in [5, 5.41) is 2.92. The predicted octanol–water partition coefficient (Wildman–Crippen LogP) is 2.41. The van der Waals surface area contributed by atoms with E-state index in [0.29, 0.717) is 18.9 Å². The lowest BCUT2D eigenvalue weighted by Crippen LogP contribution is -2.25. The van der Waals surface area contributed by atoms with Crippen molar-refractivity contribution in [2.45, 2.75) is 32.6 Å². The molecule has 1 heterocycles. The molecule has 1 amide bonds. The Bertz CT molecular complexity index is 421. The van der Waals surface area contributed by atoms with Crippen molar-refractivity contribution >= 4 is 23.0 Å². The van der Waals surface area contributed by atoms with E-state index in [1.807, 2.05) is 12.1 Å². The van der Waals surface area contributed by atoms with Gasteiger partial charge in [0.15, 0.2) is 5.78 Å². The highest BCUT2D eigenvalue weighted by atomic mass is 32.1. The van der Waals surface area contributed by atoms with E-state index in [1.165, 1.54) is 24.2 Å². The van der Waals surface area contributed by atoms with Crippen LogP contribution in [0.1, 0.15) is 40.7 Å². The number of rotatable bonds is 6. The van der Waals surface area contributed by atoms with Gasteiger partial charge < -0.3 is 5.32 Å². The predicted molar refractivity (Wildman–Crippen MR) is 68.4 cm³/mol. The first kappa shape index (κ1) is 12.3. The number of carbonyl (C=O) groups is 2. The maximum absolute atomic E-state index is 11.4. The first-order valence-corrected chi connectivity index (χ1v) is 6.83. The van der Waals surface area contributed by atoms with Crippen LogP contribution in [-0.4, -0.2) is 18.2 Å². The summed E-state index contributed by atoms with van der Waals surface area (Å²) < 4.78 is 0. The molecule has 0 atom stereocenters. The lowest BCUT2D eigenvalue weighted by atomic mass is 10.2. The van der Waals surface area contributed by atoms with Crippen LogP contribution in [-0.2, 0) is 11.2 Å². The molecule has 92 valence electrons. The lowest BCUT2D eigenvalue weighted by Gasteiger charge is -2.02. The van der Waals surface area contributed by atoms with Crippen molar-refractivity contribution in [2.24, 2.45) is 5.92 Å². The molecule has 0 spiro atoms. The number of ketones is 1. The molecule has 1 aliphatic rings. The molecule has 17 heavy (non-hydrogen) atoms. The Morgan fingerprint density at radius 1 is 1.41 bits per heavy atom. The molecule has 1 aromatic rings. The molecule has 1 saturated carbocycles. The van der Waals surface area contributed by atoms with E-state index < -0.39 is 0 Å². The van der Waals surface area contributed by atoms with Gasteiger partial charge in [0, 0.05) is 17.8 Å². The van der Waals surface area contributed by atoms with Gasteiger partial charge in [-0.3, -0.25) is 9.59 Å². The molecular formula is C13H17NO2S. The topological polar surface area (TPSA) is 46.2 Å². The van der Waals surface area contributed by atoms with Gasteiger partial charge in [-0.05, 0) is 44.2 Å². The Morgan fingerprint density at radius 3 is 2.76 bits per heavy atom. The van der Waals surface area contributed by atoms with Crippen LogP contribution < -0.4 is 5.32 Å². The van der Waals surface area contributed by atoms with Gasteiger partial charge in [0.25, 0.3) is 0 Å². The molecule has 0 unspecified atom stereocenters. The van der Waals surface area contributed by atoms with Crippen molar-refractivity contribution in [3.05, 3.63) is 21.9 Å². The SMILES string of the molecule is CC(=O)c1ccc(CCNC(=O)CC2CC2)s1. The van der Waals surface area contributed by atoms with Crippen LogP contribution in [0.3, 0.4) is 0 Å². The van der Waals surface area contributed by atoms with Gasteiger partial charge in [0.05, 0.1) is 4.88 Å². The molecule has 1 fully saturated rings. The molecule has 0 saturated heterocycles. The van der Waals surface area contributed by atoms with Gasteiger partial charge in [-0.2, -0.15) is 0 Å². The Labute approximate surface area is 105 Å². The van der Waals surface area contributed by atoms with Gasteiger partial charge in [0.2, 0.25) is 5.91 Å². The number of Topliss-reactive ketones (excluding diaryl/α,β-unsaturated/α-hetero) is 1. The van der Waals surface area contributed by atoms with Crippen LogP contribution in [0, 0.1) is 5.92 Å². The van der Waals surface area contributed by atoms with Gasteiger partial charge >= 0.3 is 0 Å². The quantitative estimate of drug-likeness (QED) is 0.789. The number of hydrogen-bond acceptors (Lipinski definition) is 3. The van der Waals surface area contributed by atoms with E-state index in [-0.39, 0.29) is 11.7 Å². The van der Waals surface area contributed by atoms with E-state index in [9.17, 15) is 9.59 Å². The Kier molecular flexibility index (Phi) is 3.94. The van der Waals surface area contributed by atoms with E-state index in [4.69, 9.17) is 0 Å². The highest BCUT2D eigenvalue weighted by molar-refractivity contribution is 7.14. The Hall–Kier alpha value is -1.16. The summed E-state index contributed by atoms with van der Waals surface area (Å²) in [6.45, 7) is 2.25. The molecule has 2 rings (SSSR count). The zero-order chi connectivity index (χ0) is 12.3. The lowest BCUT2D eigenvalue weighted by molar-refractivity contribution is -0.121. The van der Waals surface area contributed by atoms with Gasteiger partial charge in [0.1, 0.15) is 0 Å². The van der Waals surface area contributed by atoms with Gasteiger partial charge in [-0.1, -0.05) is 0 Å². The fourth-order valence-electron chi connectivity index (χ4n) is 1.68. The average Bonchev–Trinajstić information content (AvgIpc) is 2.94. The third-order valence-electron chi connectivity index (χ3n) is 2.87. The molecule has 1 aliphatic carbocycles. The van der Waals surface area contributed by atoms with Crippen molar-refractivity contribution in [3.8, 4) is 0 Å². The Balaban J connectivity index is 1.69. The third-order valence-corrected chi connectivity index (χ3v) is 4.12. The largest absolute Gasteiger partial charge is 0.356 e. The van der Waals surface area contributed by atoms with E-state index in [0.717, 1.165) is 16.2 Å². The second-order valence-corrected chi connectivity index (χ2v) is 5.74. The standard InChI is InChI=1S/C13H17NO2S/c1-9(15)12-5-4-11(17-12)6-7-14-13(16)8-10-2-3-10/h4-5,10H,2-3,6-8H2,1H3,(H,14,16). The molecule has 0 aliphatic heterocycles. The molecule has 4 heteroatoms. The van der Waals surface area contributed by atoms with Crippen molar-refractivity contribution in [1.82, 2.24) is 5.32 Å². The molecule has 0 bridgehead atoms. The molecule has 1 aromatic heterocycles. The molecular weight excluding hydrogens is 234 g/mol.